The van der Waals surface area contributed by atoms with Gasteiger partial charge in [0, 0.05) is 21.7 Å². The predicted octanol–water partition coefficient (Wildman–Crippen LogP) is 5.00. The van der Waals surface area contributed by atoms with Crippen LogP contribution in [0.2, 0.25) is 0 Å². The number of thiazole rings is 1. The summed E-state index contributed by atoms with van der Waals surface area (Å²) in [6, 6.07) is 15.0. The maximum atomic E-state index is 14.0. The average molecular weight is 652 g/mol. The maximum absolute atomic E-state index is 14.0. The molecule has 0 fully saturated rings. The minimum Gasteiger partial charge on any atom is -0.496 e. The summed E-state index contributed by atoms with van der Waals surface area (Å²) in [4.78, 5) is 44.1. The molecular weight excluding hydrogens is 624 g/mol. The zero-order valence-electron chi connectivity index (χ0n) is 23.5. The third-order valence-electron chi connectivity index (χ3n) is 6.56. The second-order valence-corrected chi connectivity index (χ2v) is 11.6. The molecule has 2 aromatic heterocycles. The summed E-state index contributed by atoms with van der Waals surface area (Å²) in [5.41, 5.74) is 2.17. The number of hydrogen-bond acceptors (Lipinski definition) is 9. The standard InChI is InChI=1S/C31H27BrN2O7S/c1-16(2)40-30(37)26-17(3)33-31-34(27(26)22-14-20(32)10-12-24(22)38-4)28(35)25(42-31)15-21-11-13-23(41-21)18-6-8-19(9-7-18)29(36)39-5/h6-16,27H,1-5H3/b25-15-/t27-/m1/s1. The Morgan fingerprint density at radius 1 is 1.07 bits per heavy atom. The molecule has 5 rings (SSSR count). The number of furan rings is 1. The number of esters is 2. The van der Waals surface area contributed by atoms with Gasteiger partial charge in [0.2, 0.25) is 0 Å². The van der Waals surface area contributed by atoms with Gasteiger partial charge in [-0.3, -0.25) is 9.36 Å². The first kappa shape index (κ1) is 29.3. The Balaban J connectivity index is 1.62. The summed E-state index contributed by atoms with van der Waals surface area (Å²) in [5.74, 6) is 0.556. The van der Waals surface area contributed by atoms with E-state index in [0.717, 1.165) is 10.0 Å². The van der Waals surface area contributed by atoms with Crippen LogP contribution in [0.1, 0.15) is 48.5 Å². The van der Waals surface area contributed by atoms with E-state index in [1.54, 1.807) is 69.3 Å². The number of rotatable bonds is 7. The number of halogens is 1. The van der Waals surface area contributed by atoms with E-state index in [4.69, 9.17) is 18.6 Å². The fraction of sp³-hybridized carbons (Fsp3) is 0.226. The molecule has 1 aliphatic heterocycles. The molecule has 0 saturated heterocycles. The first-order valence-electron chi connectivity index (χ1n) is 13.0. The molecule has 2 aromatic carbocycles. The van der Waals surface area contributed by atoms with Crippen molar-refractivity contribution in [2.75, 3.05) is 14.2 Å². The molecule has 11 heteroatoms. The van der Waals surface area contributed by atoms with Gasteiger partial charge in [0.15, 0.2) is 4.80 Å². The molecule has 1 aliphatic rings. The van der Waals surface area contributed by atoms with Gasteiger partial charge in [0.1, 0.15) is 23.3 Å². The summed E-state index contributed by atoms with van der Waals surface area (Å²) in [6.07, 6.45) is 1.29. The lowest BCUT2D eigenvalue weighted by atomic mass is 9.95. The van der Waals surface area contributed by atoms with Crippen molar-refractivity contribution in [1.29, 1.82) is 0 Å². The van der Waals surface area contributed by atoms with Crippen molar-refractivity contribution in [3.8, 4) is 17.1 Å². The second-order valence-electron chi connectivity index (χ2n) is 9.69. The van der Waals surface area contributed by atoms with E-state index in [-0.39, 0.29) is 17.2 Å². The smallest absolute Gasteiger partial charge is 0.338 e. The van der Waals surface area contributed by atoms with Gasteiger partial charge >= 0.3 is 11.9 Å². The number of benzene rings is 2. The van der Waals surface area contributed by atoms with Crippen LogP contribution in [-0.4, -0.2) is 36.8 Å². The molecule has 1 atom stereocenters. The minimum atomic E-state index is -0.831. The molecule has 0 bridgehead atoms. The number of methoxy groups -OCH3 is 2. The average Bonchev–Trinajstić information content (AvgIpc) is 3.55. The topological polar surface area (TPSA) is 109 Å². The lowest BCUT2D eigenvalue weighted by molar-refractivity contribution is -0.143. The van der Waals surface area contributed by atoms with Crippen molar-refractivity contribution in [1.82, 2.24) is 4.57 Å². The molecule has 9 nitrogen and oxygen atoms in total. The number of carbonyl (C=O) groups is 2. The van der Waals surface area contributed by atoms with Crippen molar-refractivity contribution >= 4 is 45.3 Å². The van der Waals surface area contributed by atoms with Crippen LogP contribution >= 0.6 is 27.3 Å². The van der Waals surface area contributed by atoms with Crippen molar-refractivity contribution in [2.24, 2.45) is 4.99 Å². The fourth-order valence-corrected chi connectivity index (χ4v) is 6.08. The molecule has 0 aliphatic carbocycles. The predicted molar refractivity (Wildman–Crippen MR) is 161 cm³/mol. The van der Waals surface area contributed by atoms with Crippen molar-refractivity contribution in [3.63, 3.8) is 0 Å². The normalized spacial score (nSPS) is 14.9. The van der Waals surface area contributed by atoms with Crippen LogP contribution in [0.5, 0.6) is 5.75 Å². The van der Waals surface area contributed by atoms with E-state index < -0.39 is 18.0 Å². The number of aromatic nitrogens is 1. The Hall–Kier alpha value is -4.22. The van der Waals surface area contributed by atoms with E-state index in [9.17, 15) is 14.4 Å². The SMILES string of the molecule is COC(=O)c1ccc(-c2ccc(/C=c3\sc4n(c3=O)[C@H](c3cc(Br)ccc3OC)C(C(=O)OC(C)C)=C(C)N=4)o2)cc1. The Labute approximate surface area is 253 Å². The minimum absolute atomic E-state index is 0.259. The number of nitrogens with zero attached hydrogens (tertiary/aromatic N) is 2. The highest BCUT2D eigenvalue weighted by molar-refractivity contribution is 9.10. The van der Waals surface area contributed by atoms with Gasteiger partial charge < -0.3 is 18.6 Å². The summed E-state index contributed by atoms with van der Waals surface area (Å²) in [7, 11) is 2.87. The van der Waals surface area contributed by atoms with Crippen LogP contribution in [-0.2, 0) is 14.3 Å². The monoisotopic (exact) mass is 650 g/mol. The lowest BCUT2D eigenvalue weighted by Crippen LogP contribution is -2.40. The van der Waals surface area contributed by atoms with E-state index >= 15 is 0 Å². The summed E-state index contributed by atoms with van der Waals surface area (Å²) < 4.78 is 24.6. The van der Waals surface area contributed by atoms with Crippen LogP contribution in [0.25, 0.3) is 17.4 Å². The van der Waals surface area contributed by atoms with Gasteiger partial charge in [-0.05, 0) is 63.2 Å². The first-order chi connectivity index (χ1) is 20.1. The Morgan fingerprint density at radius 2 is 1.81 bits per heavy atom. The third-order valence-corrected chi connectivity index (χ3v) is 8.04. The Bertz CT molecular complexity index is 1900. The highest BCUT2D eigenvalue weighted by Crippen LogP contribution is 2.37. The molecule has 0 radical (unpaired) electrons. The first-order valence-corrected chi connectivity index (χ1v) is 14.6. The molecule has 0 saturated carbocycles. The molecule has 3 heterocycles. The van der Waals surface area contributed by atoms with Crippen molar-refractivity contribution in [2.45, 2.75) is 32.9 Å². The van der Waals surface area contributed by atoms with E-state index in [1.165, 1.54) is 30.1 Å². The molecule has 42 heavy (non-hydrogen) atoms. The maximum Gasteiger partial charge on any atom is 0.338 e. The number of allylic oxidation sites excluding steroid dienone is 1. The molecule has 0 spiro atoms. The fourth-order valence-electron chi connectivity index (χ4n) is 4.68. The summed E-state index contributed by atoms with van der Waals surface area (Å²) in [6.45, 7) is 5.27. The largest absolute Gasteiger partial charge is 0.496 e. The number of carbonyl (C=O) groups excluding carboxylic acids is 2. The molecule has 4 aromatic rings. The zero-order valence-corrected chi connectivity index (χ0v) is 25.9. The molecule has 0 amide bonds. The highest BCUT2D eigenvalue weighted by Gasteiger charge is 2.35. The molecular formula is C31H27BrN2O7S. The summed E-state index contributed by atoms with van der Waals surface area (Å²) >= 11 is 4.71. The Kier molecular flexibility index (Phi) is 8.33. The number of fused-ring (bicyclic) bond motifs is 1. The van der Waals surface area contributed by atoms with Crippen molar-refractivity contribution < 1.29 is 28.2 Å². The van der Waals surface area contributed by atoms with Crippen LogP contribution in [0.3, 0.4) is 0 Å². The van der Waals surface area contributed by atoms with Gasteiger partial charge in [-0.25, -0.2) is 14.6 Å². The van der Waals surface area contributed by atoms with Gasteiger partial charge in [0.05, 0.1) is 41.7 Å². The molecule has 216 valence electrons. The Morgan fingerprint density at radius 3 is 2.48 bits per heavy atom. The third kappa shape index (κ3) is 5.62. The zero-order chi connectivity index (χ0) is 30.1. The van der Waals surface area contributed by atoms with Crippen LogP contribution in [0.4, 0.5) is 0 Å². The van der Waals surface area contributed by atoms with Crippen molar-refractivity contribution in [3.05, 3.63) is 107 Å². The van der Waals surface area contributed by atoms with Gasteiger partial charge in [-0.15, -0.1) is 0 Å². The lowest BCUT2D eigenvalue weighted by Gasteiger charge is -2.26. The number of hydrogen-bond donors (Lipinski definition) is 0. The van der Waals surface area contributed by atoms with E-state index in [2.05, 4.69) is 20.9 Å². The molecule has 0 unspecified atom stereocenters. The quantitative estimate of drug-likeness (QED) is 0.259. The van der Waals surface area contributed by atoms with Gasteiger partial charge in [0.25, 0.3) is 5.56 Å². The highest BCUT2D eigenvalue weighted by atomic mass is 79.9. The van der Waals surface area contributed by atoms with Crippen LogP contribution < -0.4 is 19.6 Å². The van der Waals surface area contributed by atoms with Crippen LogP contribution in [0, 0.1) is 0 Å². The van der Waals surface area contributed by atoms with E-state index in [1.807, 2.05) is 12.1 Å². The van der Waals surface area contributed by atoms with Gasteiger partial charge in [-0.2, -0.15) is 0 Å². The second kappa shape index (κ2) is 11.9. The van der Waals surface area contributed by atoms with Gasteiger partial charge in [-0.1, -0.05) is 39.4 Å². The summed E-state index contributed by atoms with van der Waals surface area (Å²) in [5, 5.41) is 0. The number of ether oxygens (including phenoxy) is 3. The van der Waals surface area contributed by atoms with E-state index in [0.29, 0.717) is 43.4 Å². The van der Waals surface area contributed by atoms with Crippen LogP contribution in [0.15, 0.2) is 84.5 Å². The molecule has 0 N–H and O–H groups in total.